The van der Waals surface area contributed by atoms with Crippen molar-refractivity contribution < 1.29 is 5.11 Å². The third-order valence-electron chi connectivity index (χ3n) is 3.55. The first-order valence-corrected chi connectivity index (χ1v) is 7.93. The molecule has 0 aliphatic carbocycles. The molecular formula is C15H22BrCl3N2O. The fourth-order valence-electron chi connectivity index (χ4n) is 2.60. The quantitative estimate of drug-likeness (QED) is 0.685. The summed E-state index contributed by atoms with van der Waals surface area (Å²) in [5.74, 6) is 0.180. The molecule has 3 nitrogen and oxygen atoms in total. The second kappa shape index (κ2) is 10.0. The predicted octanol–water partition coefficient (Wildman–Crippen LogP) is 4.56. The summed E-state index contributed by atoms with van der Waals surface area (Å²) in [6.45, 7) is 9.90. The van der Waals surface area contributed by atoms with Gasteiger partial charge in [0.25, 0.3) is 0 Å². The van der Waals surface area contributed by atoms with E-state index in [2.05, 4.69) is 32.7 Å². The third kappa shape index (κ3) is 5.59. The molecule has 1 atom stereocenters. The Kier molecular flexibility index (Phi) is 10.0. The Balaban J connectivity index is 0.00000220. The van der Waals surface area contributed by atoms with Crippen molar-refractivity contribution in [3.63, 3.8) is 0 Å². The van der Waals surface area contributed by atoms with Crippen LogP contribution in [0, 0.1) is 0 Å². The van der Waals surface area contributed by atoms with Crippen LogP contribution in [0.5, 0.6) is 5.75 Å². The molecule has 7 heteroatoms. The molecule has 1 saturated heterocycles. The number of piperazine rings is 1. The van der Waals surface area contributed by atoms with Gasteiger partial charge in [-0.2, -0.15) is 0 Å². The molecule has 0 spiro atoms. The van der Waals surface area contributed by atoms with Gasteiger partial charge in [-0.1, -0.05) is 33.1 Å². The molecule has 0 bridgehead atoms. The van der Waals surface area contributed by atoms with Gasteiger partial charge in [-0.3, -0.25) is 4.90 Å². The summed E-state index contributed by atoms with van der Waals surface area (Å²) in [6.07, 6.45) is 0.820. The highest BCUT2D eigenvalue weighted by Crippen LogP contribution is 2.39. The minimum Gasteiger partial charge on any atom is -0.506 e. The lowest BCUT2D eigenvalue weighted by Gasteiger charge is -2.36. The van der Waals surface area contributed by atoms with E-state index in [9.17, 15) is 5.11 Å². The molecule has 1 heterocycles. The number of nitrogens with zero attached hydrogens (tertiary/aromatic N) is 1. The Morgan fingerprint density at radius 2 is 2.00 bits per heavy atom. The number of aromatic hydroxyl groups is 1. The van der Waals surface area contributed by atoms with E-state index < -0.39 is 0 Å². The first-order chi connectivity index (χ1) is 9.49. The molecule has 1 aromatic rings. The number of benzene rings is 1. The van der Waals surface area contributed by atoms with Gasteiger partial charge in [0.05, 0.1) is 5.02 Å². The van der Waals surface area contributed by atoms with E-state index in [0.717, 1.165) is 48.2 Å². The molecule has 1 aromatic carbocycles. The van der Waals surface area contributed by atoms with Gasteiger partial charge in [0.2, 0.25) is 0 Å². The van der Waals surface area contributed by atoms with Crippen LogP contribution in [-0.2, 0) is 0 Å². The van der Waals surface area contributed by atoms with Crippen molar-refractivity contribution in [2.75, 3.05) is 26.2 Å². The van der Waals surface area contributed by atoms with Crippen molar-refractivity contribution in [2.24, 2.45) is 0 Å². The van der Waals surface area contributed by atoms with Crippen molar-refractivity contribution in [1.82, 2.24) is 10.2 Å². The normalized spacial score (nSPS) is 16.3. The lowest BCUT2D eigenvalue weighted by atomic mass is 9.97. The molecule has 1 aliphatic rings. The van der Waals surface area contributed by atoms with Crippen LogP contribution >= 0.6 is 52.3 Å². The summed E-state index contributed by atoms with van der Waals surface area (Å²) in [6, 6.07) is 3.79. The number of hydrogen-bond acceptors (Lipinski definition) is 3. The fraction of sp³-hybridized carbons (Fsp3) is 0.467. The van der Waals surface area contributed by atoms with E-state index in [1.165, 1.54) is 0 Å². The van der Waals surface area contributed by atoms with Crippen molar-refractivity contribution >= 4 is 52.3 Å². The minimum absolute atomic E-state index is 0. The van der Waals surface area contributed by atoms with E-state index in [1.807, 2.05) is 13.0 Å². The van der Waals surface area contributed by atoms with E-state index in [0.29, 0.717) is 5.02 Å². The summed E-state index contributed by atoms with van der Waals surface area (Å²) in [7, 11) is 0. The first-order valence-electron chi connectivity index (χ1n) is 6.76. The van der Waals surface area contributed by atoms with Crippen LogP contribution in [0.25, 0.3) is 0 Å². The lowest BCUT2D eigenvalue weighted by molar-refractivity contribution is 0.170. The summed E-state index contributed by atoms with van der Waals surface area (Å²) >= 11 is 9.56. The fourth-order valence-corrected chi connectivity index (χ4v) is 3.43. The van der Waals surface area contributed by atoms with Gasteiger partial charge in [-0.15, -0.1) is 31.4 Å². The Bertz CT molecular complexity index is 508. The topological polar surface area (TPSA) is 35.5 Å². The highest BCUT2D eigenvalue weighted by Gasteiger charge is 2.25. The van der Waals surface area contributed by atoms with Gasteiger partial charge in [0.15, 0.2) is 0 Å². The Morgan fingerprint density at radius 3 is 2.55 bits per heavy atom. The summed E-state index contributed by atoms with van der Waals surface area (Å²) < 4.78 is 0.886. The molecule has 0 saturated carbocycles. The van der Waals surface area contributed by atoms with E-state index in [-0.39, 0.29) is 36.6 Å². The van der Waals surface area contributed by atoms with Gasteiger partial charge in [0.1, 0.15) is 5.75 Å². The zero-order valence-corrected chi connectivity index (χ0v) is 16.4. The van der Waals surface area contributed by atoms with Crippen molar-refractivity contribution in [3.05, 3.63) is 39.3 Å². The molecule has 2 rings (SSSR count). The van der Waals surface area contributed by atoms with Crippen LogP contribution < -0.4 is 5.32 Å². The number of hydrogen-bond donors (Lipinski definition) is 2. The summed E-state index contributed by atoms with van der Waals surface area (Å²) in [5.41, 5.74) is 1.97. The first kappa shape index (κ1) is 22.0. The van der Waals surface area contributed by atoms with Crippen LogP contribution in [0.2, 0.25) is 5.02 Å². The second-order valence-electron chi connectivity index (χ2n) is 5.29. The Labute approximate surface area is 158 Å². The lowest BCUT2D eigenvalue weighted by Crippen LogP contribution is -2.45. The van der Waals surface area contributed by atoms with Crippen LogP contribution in [0.4, 0.5) is 0 Å². The third-order valence-corrected chi connectivity index (χ3v) is 4.30. The van der Waals surface area contributed by atoms with Crippen LogP contribution in [0.15, 0.2) is 28.8 Å². The zero-order valence-electron chi connectivity index (χ0n) is 12.4. The molecule has 0 unspecified atom stereocenters. The largest absolute Gasteiger partial charge is 0.506 e. The van der Waals surface area contributed by atoms with Crippen LogP contribution in [0.1, 0.15) is 24.9 Å². The molecule has 0 amide bonds. The van der Waals surface area contributed by atoms with Gasteiger partial charge in [-0.25, -0.2) is 0 Å². The van der Waals surface area contributed by atoms with E-state index in [1.54, 1.807) is 6.07 Å². The number of halogens is 4. The minimum atomic E-state index is 0. The SMILES string of the molecule is C=C(C)C[C@H](c1cc(Br)cc(Cl)c1O)N1CCNCC1.Cl.Cl. The number of rotatable bonds is 4. The van der Waals surface area contributed by atoms with Crippen molar-refractivity contribution in [3.8, 4) is 5.75 Å². The Morgan fingerprint density at radius 1 is 1.41 bits per heavy atom. The molecule has 0 aromatic heterocycles. The molecule has 1 aliphatic heterocycles. The van der Waals surface area contributed by atoms with Gasteiger partial charge in [0, 0.05) is 42.3 Å². The van der Waals surface area contributed by atoms with Gasteiger partial charge in [-0.05, 0) is 25.5 Å². The predicted molar refractivity (Wildman–Crippen MR) is 102 cm³/mol. The molecule has 0 radical (unpaired) electrons. The highest BCUT2D eigenvalue weighted by atomic mass is 79.9. The second-order valence-corrected chi connectivity index (χ2v) is 6.61. The van der Waals surface area contributed by atoms with Crippen molar-refractivity contribution in [2.45, 2.75) is 19.4 Å². The standard InChI is InChI=1S/C15H20BrClN2O.2ClH/c1-10(2)7-14(19-5-3-18-4-6-19)12-8-11(16)9-13(17)15(12)20;;/h8-9,14,18,20H,1,3-7H2,2H3;2*1H/t14-;;/m1../s1. The van der Waals surface area contributed by atoms with E-state index >= 15 is 0 Å². The van der Waals surface area contributed by atoms with Gasteiger partial charge < -0.3 is 10.4 Å². The summed E-state index contributed by atoms with van der Waals surface area (Å²) in [5, 5.41) is 14.0. The number of nitrogens with one attached hydrogen (secondary N) is 1. The molecule has 22 heavy (non-hydrogen) atoms. The summed E-state index contributed by atoms with van der Waals surface area (Å²) in [4.78, 5) is 2.38. The van der Waals surface area contributed by atoms with Gasteiger partial charge >= 0.3 is 0 Å². The highest BCUT2D eigenvalue weighted by molar-refractivity contribution is 9.10. The number of phenols is 1. The molecular weight excluding hydrogens is 410 g/mol. The van der Waals surface area contributed by atoms with Crippen LogP contribution in [-0.4, -0.2) is 36.2 Å². The average molecular weight is 433 g/mol. The number of phenolic OH excluding ortho intramolecular Hbond substituents is 1. The Hall–Kier alpha value is 0.0300. The van der Waals surface area contributed by atoms with E-state index in [4.69, 9.17) is 11.6 Å². The maximum Gasteiger partial charge on any atom is 0.139 e. The maximum atomic E-state index is 10.3. The monoisotopic (exact) mass is 430 g/mol. The average Bonchev–Trinajstić information content (AvgIpc) is 2.41. The zero-order chi connectivity index (χ0) is 14.7. The molecule has 126 valence electrons. The van der Waals surface area contributed by atoms with Crippen LogP contribution in [0.3, 0.4) is 0 Å². The maximum absolute atomic E-state index is 10.3. The molecule has 2 N–H and O–H groups in total. The molecule has 1 fully saturated rings. The smallest absolute Gasteiger partial charge is 0.139 e. The van der Waals surface area contributed by atoms with Crippen molar-refractivity contribution in [1.29, 1.82) is 0 Å².